The van der Waals surface area contributed by atoms with E-state index >= 15 is 0 Å². The Morgan fingerprint density at radius 2 is 1.29 bits per heavy atom. The molecule has 0 radical (unpaired) electrons. The van der Waals surface area contributed by atoms with Crippen LogP contribution in [-0.2, 0) is 9.47 Å². The zero-order chi connectivity index (χ0) is 9.71. The van der Waals surface area contributed by atoms with E-state index in [2.05, 4.69) is 26.0 Å². The fourth-order valence-corrected chi connectivity index (χ4v) is 2.02. The van der Waals surface area contributed by atoms with Gasteiger partial charge >= 0.3 is 0 Å². The van der Waals surface area contributed by atoms with Crippen LogP contribution in [0.3, 0.4) is 0 Å². The van der Waals surface area contributed by atoms with Gasteiger partial charge in [-0.05, 0) is 36.1 Å². The number of hydrogen-bond donors (Lipinski definition) is 0. The standard InChI is InChI=1S/C12H14O2/c1-7-8(2)10(12-6-14-12)4-3-9(7)11-5-13-11/h3-4,11-12H,5-6H2,1-2H3. The lowest BCUT2D eigenvalue weighted by molar-refractivity contribution is 0.411. The smallest absolute Gasteiger partial charge is 0.106 e. The zero-order valence-corrected chi connectivity index (χ0v) is 8.54. The average molecular weight is 190 g/mol. The van der Waals surface area contributed by atoms with Gasteiger partial charge in [0.15, 0.2) is 0 Å². The molecule has 2 atom stereocenters. The predicted molar refractivity (Wildman–Crippen MR) is 53.3 cm³/mol. The highest BCUT2D eigenvalue weighted by Crippen LogP contribution is 2.38. The fraction of sp³-hybridized carbons (Fsp3) is 0.500. The van der Waals surface area contributed by atoms with E-state index in [9.17, 15) is 0 Å². The van der Waals surface area contributed by atoms with Crippen LogP contribution in [0.5, 0.6) is 0 Å². The maximum absolute atomic E-state index is 5.32. The molecular formula is C12H14O2. The second-order valence-corrected chi connectivity index (χ2v) is 4.14. The van der Waals surface area contributed by atoms with Crippen LogP contribution >= 0.6 is 0 Å². The highest BCUT2D eigenvalue weighted by Gasteiger charge is 2.31. The molecule has 2 saturated heterocycles. The minimum absolute atomic E-state index is 0.364. The monoisotopic (exact) mass is 190 g/mol. The third-order valence-corrected chi connectivity index (χ3v) is 3.23. The van der Waals surface area contributed by atoms with Crippen LogP contribution < -0.4 is 0 Å². The zero-order valence-electron chi connectivity index (χ0n) is 8.54. The Bertz CT molecular complexity index is 339. The Balaban J connectivity index is 2.05. The van der Waals surface area contributed by atoms with Gasteiger partial charge in [0.05, 0.1) is 13.2 Å². The summed E-state index contributed by atoms with van der Waals surface area (Å²) in [6.07, 6.45) is 0.728. The van der Waals surface area contributed by atoms with Crippen molar-refractivity contribution in [1.29, 1.82) is 0 Å². The first kappa shape index (κ1) is 8.45. The van der Waals surface area contributed by atoms with Crippen molar-refractivity contribution in [2.75, 3.05) is 13.2 Å². The molecule has 0 amide bonds. The van der Waals surface area contributed by atoms with Crippen molar-refractivity contribution in [3.8, 4) is 0 Å². The van der Waals surface area contributed by atoms with Gasteiger partial charge in [-0.15, -0.1) is 0 Å². The largest absolute Gasteiger partial charge is 0.368 e. The van der Waals surface area contributed by atoms with Crippen molar-refractivity contribution >= 4 is 0 Å². The maximum atomic E-state index is 5.32. The molecule has 0 aliphatic carbocycles. The molecule has 3 rings (SSSR count). The molecule has 2 heteroatoms. The molecule has 2 fully saturated rings. The van der Waals surface area contributed by atoms with Crippen LogP contribution in [0.2, 0.25) is 0 Å². The molecular weight excluding hydrogens is 176 g/mol. The van der Waals surface area contributed by atoms with E-state index in [0.717, 1.165) is 13.2 Å². The van der Waals surface area contributed by atoms with Crippen LogP contribution in [0, 0.1) is 13.8 Å². The molecule has 2 nitrogen and oxygen atoms in total. The third kappa shape index (κ3) is 1.26. The van der Waals surface area contributed by atoms with Gasteiger partial charge in [0.25, 0.3) is 0 Å². The van der Waals surface area contributed by atoms with E-state index in [-0.39, 0.29) is 0 Å². The molecule has 0 spiro atoms. The average Bonchev–Trinajstić information content (AvgIpc) is 3.03. The lowest BCUT2D eigenvalue weighted by Gasteiger charge is -2.10. The lowest BCUT2D eigenvalue weighted by Crippen LogP contribution is -1.96. The van der Waals surface area contributed by atoms with Gasteiger partial charge in [-0.3, -0.25) is 0 Å². The van der Waals surface area contributed by atoms with Crippen molar-refractivity contribution in [3.05, 3.63) is 34.4 Å². The van der Waals surface area contributed by atoms with Gasteiger partial charge in [0.2, 0.25) is 0 Å². The van der Waals surface area contributed by atoms with Crippen LogP contribution in [0.1, 0.15) is 34.5 Å². The summed E-state index contributed by atoms with van der Waals surface area (Å²) in [6, 6.07) is 4.38. The number of hydrogen-bond acceptors (Lipinski definition) is 2. The SMILES string of the molecule is Cc1c(C2CO2)ccc(C2CO2)c1C. The summed E-state index contributed by atoms with van der Waals surface area (Å²) in [5.41, 5.74) is 5.46. The molecule has 2 aliphatic heterocycles. The summed E-state index contributed by atoms with van der Waals surface area (Å²) >= 11 is 0. The number of ether oxygens (including phenoxy) is 2. The molecule has 2 aliphatic rings. The molecule has 2 unspecified atom stereocenters. The predicted octanol–water partition coefficient (Wildman–Crippen LogP) is 2.45. The highest BCUT2D eigenvalue weighted by atomic mass is 16.6. The molecule has 0 aromatic heterocycles. The van der Waals surface area contributed by atoms with Crippen molar-refractivity contribution in [2.45, 2.75) is 26.1 Å². The normalized spacial score (nSPS) is 29.0. The van der Waals surface area contributed by atoms with E-state index in [4.69, 9.17) is 9.47 Å². The summed E-state index contributed by atoms with van der Waals surface area (Å²) < 4.78 is 10.6. The molecule has 74 valence electrons. The van der Waals surface area contributed by atoms with Gasteiger partial charge in [-0.1, -0.05) is 12.1 Å². The van der Waals surface area contributed by atoms with E-state index in [0.29, 0.717) is 12.2 Å². The maximum Gasteiger partial charge on any atom is 0.106 e. The number of rotatable bonds is 2. The molecule has 0 bridgehead atoms. The molecule has 0 N–H and O–H groups in total. The second-order valence-electron chi connectivity index (χ2n) is 4.14. The quantitative estimate of drug-likeness (QED) is 0.669. The second kappa shape index (κ2) is 2.81. The summed E-state index contributed by atoms with van der Waals surface area (Å²) in [5, 5.41) is 0. The Morgan fingerprint density at radius 1 is 0.929 bits per heavy atom. The lowest BCUT2D eigenvalue weighted by atomic mass is 9.95. The summed E-state index contributed by atoms with van der Waals surface area (Å²) in [4.78, 5) is 0. The van der Waals surface area contributed by atoms with Crippen molar-refractivity contribution in [2.24, 2.45) is 0 Å². The van der Waals surface area contributed by atoms with Crippen molar-refractivity contribution in [1.82, 2.24) is 0 Å². The first-order valence-electron chi connectivity index (χ1n) is 5.10. The minimum Gasteiger partial charge on any atom is -0.368 e. The van der Waals surface area contributed by atoms with E-state index in [1.54, 1.807) is 0 Å². The fourth-order valence-electron chi connectivity index (χ4n) is 2.02. The van der Waals surface area contributed by atoms with Crippen molar-refractivity contribution in [3.63, 3.8) is 0 Å². The minimum atomic E-state index is 0.364. The van der Waals surface area contributed by atoms with Crippen LogP contribution in [0.25, 0.3) is 0 Å². The van der Waals surface area contributed by atoms with Crippen LogP contribution in [0.15, 0.2) is 12.1 Å². The van der Waals surface area contributed by atoms with Crippen LogP contribution in [-0.4, -0.2) is 13.2 Å². The van der Waals surface area contributed by atoms with Gasteiger partial charge < -0.3 is 9.47 Å². The highest BCUT2D eigenvalue weighted by molar-refractivity contribution is 5.43. The Hall–Kier alpha value is -0.860. The summed E-state index contributed by atoms with van der Waals surface area (Å²) in [5.74, 6) is 0. The first-order valence-corrected chi connectivity index (χ1v) is 5.10. The van der Waals surface area contributed by atoms with Gasteiger partial charge in [0.1, 0.15) is 12.2 Å². The molecule has 2 heterocycles. The van der Waals surface area contributed by atoms with Gasteiger partial charge in [-0.25, -0.2) is 0 Å². The Morgan fingerprint density at radius 3 is 1.57 bits per heavy atom. The van der Waals surface area contributed by atoms with Crippen molar-refractivity contribution < 1.29 is 9.47 Å². The third-order valence-electron chi connectivity index (χ3n) is 3.23. The van der Waals surface area contributed by atoms with Gasteiger partial charge in [0, 0.05) is 0 Å². The summed E-state index contributed by atoms with van der Waals surface area (Å²) in [6.45, 7) is 6.13. The topological polar surface area (TPSA) is 25.1 Å². The van der Waals surface area contributed by atoms with Crippen LogP contribution in [0.4, 0.5) is 0 Å². The molecule has 14 heavy (non-hydrogen) atoms. The van der Waals surface area contributed by atoms with Gasteiger partial charge in [-0.2, -0.15) is 0 Å². The van der Waals surface area contributed by atoms with E-state index in [1.165, 1.54) is 22.3 Å². The molecule has 1 aromatic carbocycles. The first-order chi connectivity index (χ1) is 6.77. The number of benzene rings is 1. The van der Waals surface area contributed by atoms with E-state index in [1.807, 2.05) is 0 Å². The molecule has 0 saturated carbocycles. The Kier molecular flexibility index (Phi) is 1.70. The summed E-state index contributed by atoms with van der Waals surface area (Å²) in [7, 11) is 0. The molecule has 1 aromatic rings. The van der Waals surface area contributed by atoms with E-state index < -0.39 is 0 Å². The Labute approximate surface area is 83.8 Å². The number of epoxide rings is 2.